The van der Waals surface area contributed by atoms with Crippen LogP contribution in [0.2, 0.25) is 0 Å². The molecule has 0 amide bonds. The Kier molecular flexibility index (Phi) is 12.1. The van der Waals surface area contributed by atoms with Crippen LogP contribution in [0, 0.1) is 0 Å². The fourth-order valence-electron chi connectivity index (χ4n) is 2.19. The van der Waals surface area contributed by atoms with Gasteiger partial charge >= 0.3 is 0 Å². The fraction of sp³-hybridized carbons (Fsp3) is 0.333. The van der Waals surface area contributed by atoms with Crippen LogP contribution in [-0.4, -0.2) is 0 Å². The molecule has 0 spiro atoms. The number of rotatable bonds is 6. The number of thiol groups is 6. The minimum Gasteiger partial charge on any atom is -0.175 e. The monoisotopic (exact) mass is 432 g/mol. The Bertz CT molecular complexity index is 572. The molecular weight excluding hydrogens is 409 g/mol. The quantitative estimate of drug-likeness (QED) is 0.299. The Hall–Kier alpha value is 0.540. The van der Waals surface area contributed by atoms with E-state index in [1.165, 1.54) is 33.4 Å². The van der Waals surface area contributed by atoms with Crippen LogP contribution in [0.15, 0.2) is 36.4 Å². The maximum atomic E-state index is 4.26. The van der Waals surface area contributed by atoms with Gasteiger partial charge in [-0.05, 0) is 33.4 Å². The summed E-state index contributed by atoms with van der Waals surface area (Å²) < 4.78 is 0. The first kappa shape index (κ1) is 22.6. The highest BCUT2D eigenvalue weighted by Gasteiger charge is 2.00. The van der Waals surface area contributed by atoms with Crippen molar-refractivity contribution in [3.8, 4) is 0 Å². The largest absolute Gasteiger partial charge is 0.175 e. The van der Waals surface area contributed by atoms with Gasteiger partial charge in [0.2, 0.25) is 0 Å². The molecule has 0 heterocycles. The first-order valence-corrected chi connectivity index (χ1v) is 11.3. The molecule has 2 aromatic carbocycles. The zero-order valence-electron chi connectivity index (χ0n) is 13.4. The van der Waals surface area contributed by atoms with Gasteiger partial charge in [0.05, 0.1) is 0 Å². The first-order valence-electron chi connectivity index (χ1n) is 7.49. The molecule has 0 aliphatic carbocycles. The lowest BCUT2D eigenvalue weighted by Gasteiger charge is -2.06. The summed E-state index contributed by atoms with van der Waals surface area (Å²) in [6, 6.07) is 12.7. The molecule has 0 aliphatic heterocycles. The van der Waals surface area contributed by atoms with E-state index < -0.39 is 0 Å². The van der Waals surface area contributed by atoms with Crippen LogP contribution < -0.4 is 0 Å². The molecule has 0 fully saturated rings. The number of benzene rings is 2. The molecule has 2 aromatic rings. The van der Waals surface area contributed by atoms with Gasteiger partial charge < -0.3 is 0 Å². The summed E-state index contributed by atoms with van der Waals surface area (Å²) in [5.41, 5.74) is 7.50. The Morgan fingerprint density at radius 3 is 1.17 bits per heavy atom. The lowest BCUT2D eigenvalue weighted by molar-refractivity contribution is 1.25. The molecule has 24 heavy (non-hydrogen) atoms. The van der Waals surface area contributed by atoms with Crippen molar-refractivity contribution in [2.24, 2.45) is 0 Å². The summed E-state index contributed by atoms with van der Waals surface area (Å²) >= 11 is 25.4. The maximum Gasteiger partial charge on any atom is 0.0157 e. The van der Waals surface area contributed by atoms with E-state index in [0.717, 1.165) is 34.5 Å². The van der Waals surface area contributed by atoms with Gasteiger partial charge in [0, 0.05) is 34.5 Å². The van der Waals surface area contributed by atoms with Gasteiger partial charge in [-0.3, -0.25) is 0 Å². The topological polar surface area (TPSA) is 0 Å². The third-order valence-corrected chi connectivity index (χ3v) is 5.60. The van der Waals surface area contributed by atoms with Crippen LogP contribution in [0.5, 0.6) is 0 Å². The minimum atomic E-state index is 0.775. The van der Waals surface area contributed by atoms with Crippen molar-refractivity contribution in [2.75, 3.05) is 0 Å². The van der Waals surface area contributed by atoms with Gasteiger partial charge in [0.15, 0.2) is 0 Å². The van der Waals surface area contributed by atoms with Crippen molar-refractivity contribution in [2.45, 2.75) is 34.5 Å². The maximum absolute atomic E-state index is 4.26. The van der Waals surface area contributed by atoms with Crippen LogP contribution in [0.1, 0.15) is 33.4 Å². The van der Waals surface area contributed by atoms with Crippen molar-refractivity contribution in [1.82, 2.24) is 0 Å². The summed E-state index contributed by atoms with van der Waals surface area (Å²) in [6.45, 7) is 0. The summed E-state index contributed by atoms with van der Waals surface area (Å²) in [5.74, 6) is 4.68. The molecule has 0 nitrogen and oxygen atoms in total. The third-order valence-electron chi connectivity index (χ3n) is 3.45. The van der Waals surface area contributed by atoms with Crippen LogP contribution in [0.4, 0.5) is 0 Å². The minimum absolute atomic E-state index is 0.775. The smallest absolute Gasteiger partial charge is 0.0157 e. The van der Waals surface area contributed by atoms with Gasteiger partial charge in [-0.2, -0.15) is 75.8 Å². The SMILES string of the molecule is SCc1cc(CS)cc(CS)c1.SCc1ccc(CS)c(CS)c1. The Balaban J connectivity index is 0.000000240. The summed E-state index contributed by atoms with van der Waals surface area (Å²) in [7, 11) is 0. The fourth-order valence-corrected chi connectivity index (χ4v) is 3.54. The summed E-state index contributed by atoms with van der Waals surface area (Å²) in [4.78, 5) is 0. The van der Waals surface area contributed by atoms with E-state index in [1.54, 1.807) is 0 Å². The lowest BCUT2D eigenvalue weighted by atomic mass is 10.1. The molecule has 0 saturated heterocycles. The zero-order chi connectivity index (χ0) is 17.9. The Morgan fingerprint density at radius 1 is 0.417 bits per heavy atom. The zero-order valence-corrected chi connectivity index (χ0v) is 18.8. The molecule has 0 unspecified atom stereocenters. The average molecular weight is 433 g/mol. The average Bonchev–Trinajstić information content (AvgIpc) is 2.67. The standard InChI is InChI=1S/2C9H12S3/c10-4-7-1-8(5-11)3-9(2-7)6-12;10-4-7-1-2-8(5-11)9(3-7)6-12/h2*1-3,10-12H,4-6H2. The van der Waals surface area contributed by atoms with Gasteiger partial charge in [-0.15, -0.1) is 0 Å². The van der Waals surface area contributed by atoms with Crippen molar-refractivity contribution in [3.63, 3.8) is 0 Å². The van der Waals surface area contributed by atoms with E-state index in [4.69, 9.17) is 0 Å². The van der Waals surface area contributed by atoms with Gasteiger partial charge in [-0.25, -0.2) is 0 Å². The molecule has 0 bridgehead atoms. The highest BCUT2D eigenvalue weighted by atomic mass is 32.1. The van der Waals surface area contributed by atoms with E-state index in [1.807, 2.05) is 0 Å². The van der Waals surface area contributed by atoms with Gasteiger partial charge in [-0.1, -0.05) is 36.4 Å². The first-order chi connectivity index (χ1) is 11.6. The molecule has 0 atom stereocenters. The van der Waals surface area contributed by atoms with Crippen LogP contribution >= 0.6 is 75.8 Å². The summed E-state index contributed by atoms with van der Waals surface area (Å²) in [6.07, 6.45) is 0. The molecule has 0 aliphatic rings. The van der Waals surface area contributed by atoms with Gasteiger partial charge in [0.25, 0.3) is 0 Å². The normalized spacial score (nSPS) is 10.2. The van der Waals surface area contributed by atoms with Crippen LogP contribution in [-0.2, 0) is 34.5 Å². The van der Waals surface area contributed by atoms with E-state index in [9.17, 15) is 0 Å². The van der Waals surface area contributed by atoms with Crippen molar-refractivity contribution in [3.05, 3.63) is 69.8 Å². The third kappa shape index (κ3) is 7.42. The lowest BCUT2D eigenvalue weighted by Crippen LogP contribution is -1.90. The van der Waals surface area contributed by atoms with E-state index in [0.29, 0.717) is 0 Å². The molecule has 0 aromatic heterocycles. The van der Waals surface area contributed by atoms with Crippen LogP contribution in [0.3, 0.4) is 0 Å². The predicted octanol–water partition coefficient (Wildman–Crippen LogP) is 5.95. The second-order valence-corrected chi connectivity index (χ2v) is 7.11. The van der Waals surface area contributed by atoms with Crippen molar-refractivity contribution < 1.29 is 0 Å². The van der Waals surface area contributed by atoms with E-state index >= 15 is 0 Å². The molecule has 0 N–H and O–H groups in total. The molecule has 0 radical (unpaired) electrons. The summed E-state index contributed by atoms with van der Waals surface area (Å²) in [5, 5.41) is 0. The predicted molar refractivity (Wildman–Crippen MR) is 129 cm³/mol. The van der Waals surface area contributed by atoms with E-state index in [2.05, 4.69) is 112 Å². The number of hydrogen-bond acceptors (Lipinski definition) is 6. The van der Waals surface area contributed by atoms with Crippen molar-refractivity contribution in [1.29, 1.82) is 0 Å². The second-order valence-electron chi connectivity index (χ2n) is 5.21. The molecule has 2 rings (SSSR count). The Morgan fingerprint density at radius 2 is 0.833 bits per heavy atom. The highest BCUT2D eigenvalue weighted by molar-refractivity contribution is 7.80. The Labute approximate surface area is 179 Å². The number of hydrogen-bond donors (Lipinski definition) is 6. The van der Waals surface area contributed by atoms with Crippen molar-refractivity contribution >= 4 is 75.8 Å². The second kappa shape index (κ2) is 12.8. The van der Waals surface area contributed by atoms with Gasteiger partial charge in [0.1, 0.15) is 0 Å². The molecule has 0 saturated carbocycles. The molecular formula is C18H24S6. The highest BCUT2D eigenvalue weighted by Crippen LogP contribution is 2.17. The molecule has 132 valence electrons. The van der Waals surface area contributed by atoms with E-state index in [-0.39, 0.29) is 0 Å². The molecule has 6 heteroatoms. The van der Waals surface area contributed by atoms with Crippen LogP contribution in [0.25, 0.3) is 0 Å².